The van der Waals surface area contributed by atoms with Gasteiger partial charge in [0.25, 0.3) is 0 Å². The first-order valence-corrected chi connectivity index (χ1v) is 5.07. The molecule has 0 aliphatic carbocycles. The van der Waals surface area contributed by atoms with Crippen LogP contribution in [0.15, 0.2) is 24.4 Å². The van der Waals surface area contributed by atoms with Gasteiger partial charge in [0.2, 0.25) is 0 Å². The lowest BCUT2D eigenvalue weighted by Gasteiger charge is -2.26. The van der Waals surface area contributed by atoms with E-state index in [1.54, 1.807) is 0 Å². The van der Waals surface area contributed by atoms with Crippen molar-refractivity contribution in [1.29, 1.82) is 0 Å². The maximum absolute atomic E-state index is 4.08. The van der Waals surface area contributed by atoms with Gasteiger partial charge in [-0.15, -0.1) is 0 Å². The van der Waals surface area contributed by atoms with Gasteiger partial charge in [-0.2, -0.15) is 0 Å². The molecule has 0 heterocycles. The Kier molecular flexibility index (Phi) is 5.52. The Bertz CT molecular complexity index is 180. The smallest absolute Gasteiger partial charge is 0.0385 e. The van der Waals surface area contributed by atoms with Crippen molar-refractivity contribution in [1.82, 2.24) is 4.90 Å². The van der Waals surface area contributed by atoms with Crippen molar-refractivity contribution in [3.63, 3.8) is 0 Å². The van der Waals surface area contributed by atoms with Crippen LogP contribution in [0, 0.1) is 5.92 Å². The van der Waals surface area contributed by atoms with E-state index >= 15 is 0 Å². The highest BCUT2D eigenvalue weighted by atomic mass is 15.1. The van der Waals surface area contributed by atoms with Gasteiger partial charge < -0.3 is 4.90 Å². The van der Waals surface area contributed by atoms with Crippen LogP contribution in [0.5, 0.6) is 0 Å². The van der Waals surface area contributed by atoms with Crippen molar-refractivity contribution in [2.24, 2.45) is 5.92 Å². The molecule has 0 saturated carbocycles. The van der Waals surface area contributed by atoms with Crippen LogP contribution < -0.4 is 0 Å². The van der Waals surface area contributed by atoms with Crippen LogP contribution in [-0.4, -0.2) is 18.0 Å². The summed E-state index contributed by atoms with van der Waals surface area (Å²) in [6, 6.07) is 0. The summed E-state index contributed by atoms with van der Waals surface area (Å²) in [7, 11) is 0. The van der Waals surface area contributed by atoms with Crippen molar-refractivity contribution in [3.05, 3.63) is 24.4 Å². The Labute approximate surface area is 83.1 Å². The molecule has 0 unspecified atom stereocenters. The molecular weight excluding hydrogens is 158 g/mol. The molecule has 0 bridgehead atoms. The zero-order valence-corrected chi connectivity index (χ0v) is 9.56. The first-order chi connectivity index (χ1) is 5.99. The van der Waals surface area contributed by atoms with Crippen LogP contribution in [0.3, 0.4) is 0 Å². The molecule has 0 aliphatic heterocycles. The van der Waals surface area contributed by atoms with E-state index < -0.39 is 0 Å². The molecule has 0 aromatic heterocycles. The van der Waals surface area contributed by atoms with Crippen LogP contribution in [0.25, 0.3) is 0 Å². The second-order valence-electron chi connectivity index (χ2n) is 3.97. The van der Waals surface area contributed by atoms with E-state index in [9.17, 15) is 0 Å². The molecule has 13 heavy (non-hydrogen) atoms. The van der Waals surface area contributed by atoms with Crippen molar-refractivity contribution < 1.29 is 0 Å². The maximum atomic E-state index is 4.08. The van der Waals surface area contributed by atoms with Crippen molar-refractivity contribution in [3.8, 4) is 0 Å². The zero-order valence-electron chi connectivity index (χ0n) is 9.56. The number of rotatable bonds is 6. The highest BCUT2D eigenvalue weighted by Crippen LogP contribution is 2.12. The highest BCUT2D eigenvalue weighted by molar-refractivity contribution is 5.04. The molecule has 0 amide bonds. The summed E-state index contributed by atoms with van der Waals surface area (Å²) in [5, 5.41) is 0. The fourth-order valence-corrected chi connectivity index (χ4v) is 1.10. The van der Waals surface area contributed by atoms with Crippen molar-refractivity contribution >= 4 is 0 Å². The second kappa shape index (κ2) is 5.85. The van der Waals surface area contributed by atoms with Gasteiger partial charge in [-0.3, -0.25) is 0 Å². The topological polar surface area (TPSA) is 3.24 Å². The lowest BCUT2D eigenvalue weighted by molar-refractivity contribution is 0.364. The Morgan fingerprint density at radius 1 is 1.31 bits per heavy atom. The van der Waals surface area contributed by atoms with Crippen LogP contribution in [-0.2, 0) is 0 Å². The minimum Gasteiger partial charge on any atom is -0.372 e. The summed E-state index contributed by atoms with van der Waals surface area (Å²) in [5.74, 6) is 0.568. The summed E-state index contributed by atoms with van der Waals surface area (Å²) in [5.41, 5.74) is 2.43. The molecule has 0 fully saturated rings. The normalized spacial score (nSPS) is 10.2. The summed E-state index contributed by atoms with van der Waals surface area (Å²) >= 11 is 0. The molecule has 0 N–H and O–H groups in total. The van der Waals surface area contributed by atoms with E-state index in [4.69, 9.17) is 0 Å². The molecule has 0 aromatic carbocycles. The summed E-state index contributed by atoms with van der Waals surface area (Å²) in [6.45, 7) is 18.7. The fraction of sp³-hybridized carbons (Fsp3) is 0.667. The monoisotopic (exact) mass is 181 g/mol. The predicted octanol–water partition coefficient (Wildman–Crippen LogP) is 3.44. The average molecular weight is 181 g/mol. The number of hydrogen-bond acceptors (Lipinski definition) is 1. The minimum atomic E-state index is 0.568. The summed E-state index contributed by atoms with van der Waals surface area (Å²) in [6.07, 6.45) is 1.16. The van der Waals surface area contributed by atoms with Gasteiger partial charge >= 0.3 is 0 Å². The molecule has 0 rings (SSSR count). The Balaban J connectivity index is 4.10. The van der Waals surface area contributed by atoms with Crippen molar-refractivity contribution in [2.45, 2.75) is 34.1 Å². The number of nitrogens with zero attached hydrogens (tertiary/aromatic N) is 1. The third-order valence-corrected chi connectivity index (χ3v) is 2.24. The third-order valence-electron chi connectivity index (χ3n) is 2.24. The lowest BCUT2D eigenvalue weighted by Crippen LogP contribution is -2.25. The van der Waals surface area contributed by atoms with Gasteiger partial charge in [-0.05, 0) is 19.3 Å². The van der Waals surface area contributed by atoms with E-state index in [1.165, 1.54) is 5.57 Å². The molecule has 1 nitrogen and oxygen atoms in total. The molecule has 0 atom stereocenters. The van der Waals surface area contributed by atoms with Crippen molar-refractivity contribution in [2.75, 3.05) is 13.1 Å². The third kappa shape index (κ3) is 4.76. The van der Waals surface area contributed by atoms with Gasteiger partial charge in [-0.25, -0.2) is 0 Å². The van der Waals surface area contributed by atoms with E-state index in [1.807, 2.05) is 0 Å². The Hall–Kier alpha value is -0.720. The summed E-state index contributed by atoms with van der Waals surface area (Å²) < 4.78 is 0. The molecule has 0 aromatic rings. The van der Waals surface area contributed by atoms with E-state index in [-0.39, 0.29) is 0 Å². The Morgan fingerprint density at radius 3 is 2.15 bits per heavy atom. The zero-order chi connectivity index (χ0) is 10.4. The van der Waals surface area contributed by atoms with E-state index in [2.05, 4.69) is 45.8 Å². The average Bonchev–Trinajstić information content (AvgIpc) is 2.03. The fourth-order valence-electron chi connectivity index (χ4n) is 1.10. The van der Waals surface area contributed by atoms with E-state index in [0.717, 1.165) is 25.2 Å². The van der Waals surface area contributed by atoms with Gasteiger partial charge in [0.15, 0.2) is 0 Å². The largest absolute Gasteiger partial charge is 0.372 e. The SMILES string of the molecule is C=C(CN(CCC)C(=C)C)C(C)C. The van der Waals surface area contributed by atoms with Gasteiger partial charge in [-0.1, -0.05) is 39.5 Å². The highest BCUT2D eigenvalue weighted by Gasteiger charge is 2.06. The lowest BCUT2D eigenvalue weighted by atomic mass is 10.0. The molecule has 0 saturated heterocycles. The number of allylic oxidation sites excluding steroid dienone is 1. The standard InChI is InChI=1S/C12H23N/c1-7-8-13(11(4)5)9-12(6)10(2)3/h10H,4,6-9H2,1-3,5H3. The molecule has 0 spiro atoms. The quantitative estimate of drug-likeness (QED) is 0.567. The molecule has 0 aliphatic rings. The van der Waals surface area contributed by atoms with Crippen LogP contribution >= 0.6 is 0 Å². The van der Waals surface area contributed by atoms with E-state index in [0.29, 0.717) is 5.92 Å². The molecule has 76 valence electrons. The number of hydrogen-bond donors (Lipinski definition) is 0. The van der Waals surface area contributed by atoms with Gasteiger partial charge in [0.05, 0.1) is 0 Å². The summed E-state index contributed by atoms with van der Waals surface area (Å²) in [4.78, 5) is 2.29. The first-order valence-electron chi connectivity index (χ1n) is 5.07. The van der Waals surface area contributed by atoms with Crippen LogP contribution in [0.4, 0.5) is 0 Å². The molecule has 1 heteroatoms. The molecule has 0 radical (unpaired) electrons. The first kappa shape index (κ1) is 12.3. The van der Waals surface area contributed by atoms with Gasteiger partial charge in [0, 0.05) is 18.8 Å². The van der Waals surface area contributed by atoms with Crippen LogP contribution in [0.1, 0.15) is 34.1 Å². The second-order valence-corrected chi connectivity index (χ2v) is 3.97. The van der Waals surface area contributed by atoms with Gasteiger partial charge in [0.1, 0.15) is 0 Å². The molecular formula is C12H23N. The minimum absolute atomic E-state index is 0.568. The predicted molar refractivity (Wildman–Crippen MR) is 60.7 cm³/mol. The maximum Gasteiger partial charge on any atom is 0.0385 e. The Morgan fingerprint density at radius 2 is 1.85 bits per heavy atom. The van der Waals surface area contributed by atoms with Crippen LogP contribution in [0.2, 0.25) is 0 Å².